The second-order valence-corrected chi connectivity index (χ2v) is 4.67. The summed E-state index contributed by atoms with van der Waals surface area (Å²) in [4.78, 5) is 15.9. The second-order valence-electron chi connectivity index (χ2n) is 3.32. The largest absolute Gasteiger partial charge is 0.398 e. The predicted molar refractivity (Wildman–Crippen MR) is 69.1 cm³/mol. The van der Waals surface area contributed by atoms with E-state index >= 15 is 0 Å². The van der Waals surface area contributed by atoms with Crippen molar-refractivity contribution in [1.29, 1.82) is 0 Å². The van der Waals surface area contributed by atoms with Gasteiger partial charge in [0, 0.05) is 11.6 Å². The molecule has 1 amide bonds. The Kier molecular flexibility index (Phi) is 3.61. The molecule has 4 nitrogen and oxygen atoms in total. The van der Waals surface area contributed by atoms with Gasteiger partial charge in [0.1, 0.15) is 5.01 Å². The number of anilines is 1. The van der Waals surface area contributed by atoms with Crippen LogP contribution in [0, 0.1) is 0 Å². The molecule has 17 heavy (non-hydrogen) atoms. The Morgan fingerprint density at radius 3 is 3.06 bits per heavy atom. The lowest BCUT2D eigenvalue weighted by Crippen LogP contribution is -2.23. The van der Waals surface area contributed by atoms with Gasteiger partial charge in [0.15, 0.2) is 0 Å². The van der Waals surface area contributed by atoms with Gasteiger partial charge >= 0.3 is 0 Å². The van der Waals surface area contributed by atoms with Gasteiger partial charge in [-0.25, -0.2) is 4.98 Å². The highest BCUT2D eigenvalue weighted by molar-refractivity contribution is 7.09. The first-order valence-electron chi connectivity index (χ1n) is 4.89. The van der Waals surface area contributed by atoms with Crippen molar-refractivity contribution in [2.24, 2.45) is 0 Å². The molecule has 0 aliphatic rings. The van der Waals surface area contributed by atoms with Crippen LogP contribution in [0.1, 0.15) is 15.4 Å². The number of hydrogen-bond donors (Lipinski definition) is 2. The summed E-state index contributed by atoms with van der Waals surface area (Å²) in [5, 5.41) is 5.72. The number of nitrogen functional groups attached to an aromatic ring is 1. The molecule has 0 bridgehead atoms. The van der Waals surface area contributed by atoms with Crippen LogP contribution in [0.5, 0.6) is 0 Å². The van der Waals surface area contributed by atoms with Crippen LogP contribution in [-0.4, -0.2) is 10.9 Å². The number of halogens is 1. The molecule has 1 aromatic carbocycles. The summed E-state index contributed by atoms with van der Waals surface area (Å²) in [7, 11) is 0. The average molecular weight is 268 g/mol. The predicted octanol–water partition coefficient (Wildman–Crippen LogP) is 2.31. The Morgan fingerprint density at radius 1 is 1.53 bits per heavy atom. The van der Waals surface area contributed by atoms with E-state index in [0.717, 1.165) is 5.01 Å². The number of amides is 1. The van der Waals surface area contributed by atoms with E-state index in [1.54, 1.807) is 24.4 Å². The monoisotopic (exact) mass is 267 g/mol. The van der Waals surface area contributed by atoms with E-state index in [1.807, 2.05) is 5.38 Å². The molecule has 0 spiro atoms. The summed E-state index contributed by atoms with van der Waals surface area (Å²) in [6.45, 7) is 0.391. The molecule has 0 fully saturated rings. The number of nitrogens with zero attached hydrogens (tertiary/aromatic N) is 1. The minimum absolute atomic E-state index is 0.252. The first-order chi connectivity index (χ1) is 8.18. The normalized spacial score (nSPS) is 10.2. The summed E-state index contributed by atoms with van der Waals surface area (Å²) in [6.07, 6.45) is 1.69. The van der Waals surface area contributed by atoms with Crippen LogP contribution in [0.3, 0.4) is 0 Å². The van der Waals surface area contributed by atoms with Gasteiger partial charge in [-0.1, -0.05) is 17.7 Å². The van der Waals surface area contributed by atoms with Gasteiger partial charge in [0.2, 0.25) is 0 Å². The summed E-state index contributed by atoms with van der Waals surface area (Å²) < 4.78 is 0. The van der Waals surface area contributed by atoms with Crippen molar-refractivity contribution >= 4 is 34.5 Å². The van der Waals surface area contributed by atoms with E-state index in [9.17, 15) is 4.79 Å². The Hall–Kier alpha value is -1.59. The Bertz CT molecular complexity index is 528. The van der Waals surface area contributed by atoms with Crippen LogP contribution >= 0.6 is 22.9 Å². The fourth-order valence-electron chi connectivity index (χ4n) is 1.32. The molecule has 0 radical (unpaired) electrons. The van der Waals surface area contributed by atoms with Crippen LogP contribution in [-0.2, 0) is 6.54 Å². The van der Waals surface area contributed by atoms with Gasteiger partial charge in [-0.05, 0) is 12.1 Å². The molecule has 3 N–H and O–H groups in total. The van der Waals surface area contributed by atoms with E-state index in [4.69, 9.17) is 17.3 Å². The molecule has 0 saturated carbocycles. The van der Waals surface area contributed by atoms with Crippen LogP contribution in [0.15, 0.2) is 29.8 Å². The fraction of sp³-hybridized carbons (Fsp3) is 0.0909. The van der Waals surface area contributed by atoms with Crippen molar-refractivity contribution in [2.45, 2.75) is 6.54 Å². The highest BCUT2D eigenvalue weighted by Crippen LogP contribution is 2.22. The van der Waals surface area contributed by atoms with Crippen molar-refractivity contribution in [3.8, 4) is 0 Å². The summed E-state index contributed by atoms with van der Waals surface area (Å²) in [6, 6.07) is 4.98. The quantitative estimate of drug-likeness (QED) is 0.839. The van der Waals surface area contributed by atoms with Crippen LogP contribution in [0.2, 0.25) is 5.02 Å². The Labute approximate surface area is 107 Å². The molecule has 0 aliphatic heterocycles. The molecule has 2 aromatic rings. The number of thiazole rings is 1. The molecule has 1 aromatic heterocycles. The Balaban J connectivity index is 2.07. The molecule has 0 atom stereocenters. The minimum Gasteiger partial charge on any atom is -0.398 e. The molecule has 0 aliphatic carbocycles. The standard InChI is InChI=1S/C11H10ClN3OS/c12-10-7(2-1-3-8(10)13)11(16)15-6-9-14-4-5-17-9/h1-5H,6,13H2,(H,15,16). The number of nitrogens with one attached hydrogen (secondary N) is 1. The zero-order chi connectivity index (χ0) is 12.3. The van der Waals surface area contributed by atoms with E-state index in [-0.39, 0.29) is 10.9 Å². The van der Waals surface area contributed by atoms with Crippen molar-refractivity contribution in [3.05, 3.63) is 45.4 Å². The van der Waals surface area contributed by atoms with Crippen molar-refractivity contribution < 1.29 is 4.79 Å². The van der Waals surface area contributed by atoms with Gasteiger partial charge in [-0.15, -0.1) is 11.3 Å². The number of carbonyl (C=O) groups excluding carboxylic acids is 1. The zero-order valence-corrected chi connectivity index (χ0v) is 10.4. The van der Waals surface area contributed by atoms with Gasteiger partial charge in [-0.3, -0.25) is 4.79 Å². The fourth-order valence-corrected chi connectivity index (χ4v) is 2.08. The van der Waals surface area contributed by atoms with Crippen LogP contribution < -0.4 is 11.1 Å². The SMILES string of the molecule is Nc1cccc(C(=O)NCc2nccs2)c1Cl. The zero-order valence-electron chi connectivity index (χ0n) is 8.81. The van der Waals surface area contributed by atoms with Crippen LogP contribution in [0.25, 0.3) is 0 Å². The highest BCUT2D eigenvalue weighted by Gasteiger charge is 2.11. The maximum Gasteiger partial charge on any atom is 0.253 e. The van der Waals surface area contributed by atoms with Crippen LogP contribution in [0.4, 0.5) is 5.69 Å². The summed E-state index contributed by atoms with van der Waals surface area (Å²) in [5.41, 5.74) is 6.40. The van der Waals surface area contributed by atoms with Gasteiger partial charge in [0.25, 0.3) is 5.91 Å². The topological polar surface area (TPSA) is 68.0 Å². The average Bonchev–Trinajstić information content (AvgIpc) is 2.82. The third kappa shape index (κ3) is 2.75. The number of benzene rings is 1. The Morgan fingerprint density at radius 2 is 2.35 bits per heavy atom. The first-order valence-corrected chi connectivity index (χ1v) is 6.15. The summed E-state index contributed by atoms with van der Waals surface area (Å²) >= 11 is 7.43. The lowest BCUT2D eigenvalue weighted by Gasteiger charge is -2.06. The molecule has 0 unspecified atom stereocenters. The lowest BCUT2D eigenvalue weighted by atomic mass is 10.2. The first kappa shape index (κ1) is 11.9. The molecule has 1 heterocycles. The summed E-state index contributed by atoms with van der Waals surface area (Å²) in [5.74, 6) is -0.252. The van der Waals surface area contributed by atoms with Gasteiger partial charge in [0.05, 0.1) is 22.8 Å². The van der Waals surface area contributed by atoms with E-state index in [2.05, 4.69) is 10.3 Å². The number of hydrogen-bond acceptors (Lipinski definition) is 4. The van der Waals surface area contributed by atoms with E-state index in [1.165, 1.54) is 11.3 Å². The molecule has 2 rings (SSSR count). The van der Waals surface area contributed by atoms with Crippen molar-refractivity contribution in [1.82, 2.24) is 10.3 Å². The van der Waals surface area contributed by atoms with Gasteiger partial charge in [-0.2, -0.15) is 0 Å². The number of aromatic nitrogens is 1. The molecular formula is C11H10ClN3OS. The van der Waals surface area contributed by atoms with Crippen molar-refractivity contribution in [2.75, 3.05) is 5.73 Å². The second kappa shape index (κ2) is 5.16. The van der Waals surface area contributed by atoms with Crippen molar-refractivity contribution in [3.63, 3.8) is 0 Å². The third-order valence-corrected chi connectivity index (χ3v) is 3.36. The maximum atomic E-state index is 11.8. The molecule has 6 heteroatoms. The van der Waals surface area contributed by atoms with E-state index in [0.29, 0.717) is 17.8 Å². The molecule has 88 valence electrons. The lowest BCUT2D eigenvalue weighted by molar-refractivity contribution is 0.0951. The highest BCUT2D eigenvalue weighted by atomic mass is 35.5. The number of nitrogens with two attached hydrogens (primary N) is 1. The smallest absolute Gasteiger partial charge is 0.253 e. The molecule has 0 saturated heterocycles. The van der Waals surface area contributed by atoms with E-state index < -0.39 is 0 Å². The number of carbonyl (C=O) groups is 1. The maximum absolute atomic E-state index is 11.8. The van der Waals surface area contributed by atoms with Gasteiger partial charge < -0.3 is 11.1 Å². The number of rotatable bonds is 3. The third-order valence-electron chi connectivity index (χ3n) is 2.16. The molecular weight excluding hydrogens is 258 g/mol. The minimum atomic E-state index is -0.252.